The summed E-state index contributed by atoms with van der Waals surface area (Å²) in [5.74, 6) is -0.496. The second kappa shape index (κ2) is 5.33. The molecule has 1 aliphatic carbocycles. The summed E-state index contributed by atoms with van der Waals surface area (Å²) >= 11 is 5.82. The van der Waals surface area contributed by atoms with Gasteiger partial charge in [-0.1, -0.05) is 23.7 Å². The topological polar surface area (TPSA) is 38.0 Å². The van der Waals surface area contributed by atoms with Gasteiger partial charge in [-0.2, -0.15) is 0 Å². The van der Waals surface area contributed by atoms with Gasteiger partial charge in [-0.15, -0.1) is 0 Å². The van der Waals surface area contributed by atoms with Crippen LogP contribution in [0.5, 0.6) is 0 Å². The highest BCUT2D eigenvalue weighted by molar-refractivity contribution is 6.31. The third-order valence-electron chi connectivity index (χ3n) is 3.76. The monoisotopic (exact) mass is 290 g/mol. The third-order valence-corrected chi connectivity index (χ3v) is 4.05. The largest absolute Gasteiger partial charge is 0.397 e. The normalized spacial score (nSPS) is 13.9. The highest BCUT2D eigenvalue weighted by Crippen LogP contribution is 2.33. The van der Waals surface area contributed by atoms with E-state index in [1.807, 2.05) is 12.1 Å². The fraction of sp³-hybridized carbons (Fsp3) is 0.250. The van der Waals surface area contributed by atoms with Gasteiger partial charge in [0.2, 0.25) is 0 Å². The second-order valence-corrected chi connectivity index (χ2v) is 5.54. The third kappa shape index (κ3) is 2.46. The number of fused-ring (bicyclic) bond motifs is 1. The molecule has 0 aliphatic heterocycles. The maximum absolute atomic E-state index is 13.3. The lowest BCUT2D eigenvalue weighted by atomic mass is 9.90. The van der Waals surface area contributed by atoms with Crippen molar-refractivity contribution in [3.05, 3.63) is 52.3 Å². The van der Waals surface area contributed by atoms with Gasteiger partial charge in [-0.25, -0.2) is 4.39 Å². The predicted molar refractivity (Wildman–Crippen MR) is 82.2 cm³/mol. The zero-order valence-electron chi connectivity index (χ0n) is 11.0. The molecular formula is C16H16ClFN2. The maximum Gasteiger partial charge on any atom is 0.143 e. The minimum atomic E-state index is -0.496. The Hall–Kier alpha value is -1.74. The van der Waals surface area contributed by atoms with Crippen molar-refractivity contribution >= 4 is 28.7 Å². The minimum absolute atomic E-state index is 0.0755. The molecule has 0 bridgehead atoms. The van der Waals surface area contributed by atoms with Gasteiger partial charge in [-0.3, -0.25) is 0 Å². The van der Waals surface area contributed by atoms with Crippen LogP contribution in [0.3, 0.4) is 0 Å². The Kier molecular flexibility index (Phi) is 3.53. The average Bonchev–Trinajstić information content (AvgIpc) is 2.45. The SMILES string of the molecule is Nc1cc(F)c(Cl)cc1Nc1cccc2c1CCCC2. The number of hydrogen-bond acceptors (Lipinski definition) is 2. The van der Waals surface area contributed by atoms with E-state index in [0.717, 1.165) is 18.5 Å². The zero-order chi connectivity index (χ0) is 14.1. The van der Waals surface area contributed by atoms with Gasteiger partial charge in [-0.05, 0) is 48.9 Å². The molecule has 3 rings (SSSR count). The molecule has 0 fully saturated rings. The summed E-state index contributed by atoms with van der Waals surface area (Å²) in [6, 6.07) is 9.02. The van der Waals surface area contributed by atoms with Gasteiger partial charge in [0.1, 0.15) is 5.82 Å². The zero-order valence-corrected chi connectivity index (χ0v) is 11.8. The van der Waals surface area contributed by atoms with E-state index >= 15 is 0 Å². The fourth-order valence-corrected chi connectivity index (χ4v) is 2.88. The van der Waals surface area contributed by atoms with E-state index in [-0.39, 0.29) is 5.02 Å². The summed E-state index contributed by atoms with van der Waals surface area (Å²) in [6.07, 6.45) is 4.62. The van der Waals surface area contributed by atoms with Crippen LogP contribution in [-0.4, -0.2) is 0 Å². The van der Waals surface area contributed by atoms with Gasteiger partial charge < -0.3 is 11.1 Å². The number of aryl methyl sites for hydroxylation is 1. The number of nitrogen functional groups attached to an aromatic ring is 1. The Morgan fingerprint density at radius 3 is 2.75 bits per heavy atom. The molecule has 2 aromatic carbocycles. The van der Waals surface area contributed by atoms with Crippen molar-refractivity contribution in [2.24, 2.45) is 0 Å². The molecule has 0 aromatic heterocycles. The molecule has 0 spiro atoms. The van der Waals surface area contributed by atoms with Crippen LogP contribution in [0.25, 0.3) is 0 Å². The molecule has 0 atom stereocenters. The van der Waals surface area contributed by atoms with Crippen molar-refractivity contribution in [3.8, 4) is 0 Å². The van der Waals surface area contributed by atoms with Crippen LogP contribution in [0.2, 0.25) is 5.02 Å². The lowest BCUT2D eigenvalue weighted by Crippen LogP contribution is -2.07. The Balaban J connectivity index is 1.98. The average molecular weight is 291 g/mol. The van der Waals surface area contributed by atoms with Crippen LogP contribution < -0.4 is 11.1 Å². The molecule has 0 amide bonds. The highest BCUT2D eigenvalue weighted by Gasteiger charge is 2.14. The number of rotatable bonds is 2. The van der Waals surface area contributed by atoms with Crippen molar-refractivity contribution < 1.29 is 4.39 Å². The van der Waals surface area contributed by atoms with Crippen LogP contribution >= 0.6 is 11.6 Å². The van der Waals surface area contributed by atoms with Crippen molar-refractivity contribution in [2.45, 2.75) is 25.7 Å². The number of benzene rings is 2. The molecule has 0 unspecified atom stereocenters. The number of halogens is 2. The van der Waals surface area contributed by atoms with E-state index in [1.165, 1.54) is 36.1 Å². The fourth-order valence-electron chi connectivity index (χ4n) is 2.71. The first-order chi connectivity index (χ1) is 9.65. The number of nitrogens with two attached hydrogens (primary N) is 1. The summed E-state index contributed by atoms with van der Waals surface area (Å²) < 4.78 is 13.3. The van der Waals surface area contributed by atoms with E-state index in [9.17, 15) is 4.39 Å². The van der Waals surface area contributed by atoms with Gasteiger partial charge in [0, 0.05) is 11.8 Å². The van der Waals surface area contributed by atoms with E-state index in [4.69, 9.17) is 17.3 Å². The Bertz CT molecular complexity index is 655. The van der Waals surface area contributed by atoms with Crippen molar-refractivity contribution in [2.75, 3.05) is 11.1 Å². The highest BCUT2D eigenvalue weighted by atomic mass is 35.5. The first-order valence-corrected chi connectivity index (χ1v) is 7.15. The molecule has 4 heteroatoms. The summed E-state index contributed by atoms with van der Waals surface area (Å²) in [7, 11) is 0. The molecule has 20 heavy (non-hydrogen) atoms. The maximum atomic E-state index is 13.3. The molecule has 2 aromatic rings. The van der Waals surface area contributed by atoms with Crippen molar-refractivity contribution in [1.82, 2.24) is 0 Å². The van der Waals surface area contributed by atoms with Crippen molar-refractivity contribution in [1.29, 1.82) is 0 Å². The smallest absolute Gasteiger partial charge is 0.143 e. The molecule has 3 N–H and O–H groups in total. The molecule has 104 valence electrons. The molecule has 0 heterocycles. The van der Waals surface area contributed by atoms with Crippen LogP contribution in [0.1, 0.15) is 24.0 Å². The standard InChI is InChI=1S/C16H16ClFN2/c17-12-8-16(14(19)9-13(12)18)20-15-7-3-5-10-4-1-2-6-11(10)15/h3,5,7-9,20H,1-2,4,6,19H2. The Labute approximate surface area is 122 Å². The second-order valence-electron chi connectivity index (χ2n) is 5.13. The molecule has 0 saturated carbocycles. The first kappa shape index (κ1) is 13.3. The van der Waals surface area contributed by atoms with Gasteiger partial charge in [0.15, 0.2) is 0 Å². The minimum Gasteiger partial charge on any atom is -0.397 e. The van der Waals surface area contributed by atoms with Crippen LogP contribution in [0, 0.1) is 5.82 Å². The predicted octanol–water partition coefficient (Wildman–Crippen LogP) is 4.68. The summed E-state index contributed by atoms with van der Waals surface area (Å²) in [4.78, 5) is 0. The van der Waals surface area contributed by atoms with Gasteiger partial charge in [0.25, 0.3) is 0 Å². The number of anilines is 3. The molecule has 0 saturated heterocycles. The van der Waals surface area contributed by atoms with E-state index in [2.05, 4.69) is 11.4 Å². The lowest BCUT2D eigenvalue weighted by Gasteiger charge is -2.20. The first-order valence-electron chi connectivity index (χ1n) is 6.77. The summed E-state index contributed by atoms with van der Waals surface area (Å²) in [6.45, 7) is 0. The molecular weight excluding hydrogens is 275 g/mol. The molecule has 0 radical (unpaired) electrons. The summed E-state index contributed by atoms with van der Waals surface area (Å²) in [5, 5.41) is 3.37. The van der Waals surface area contributed by atoms with Gasteiger partial charge in [0.05, 0.1) is 16.4 Å². The van der Waals surface area contributed by atoms with Crippen LogP contribution in [-0.2, 0) is 12.8 Å². The molecule has 2 nitrogen and oxygen atoms in total. The van der Waals surface area contributed by atoms with Gasteiger partial charge >= 0.3 is 0 Å². The van der Waals surface area contributed by atoms with E-state index in [1.54, 1.807) is 0 Å². The Morgan fingerprint density at radius 2 is 1.90 bits per heavy atom. The van der Waals surface area contributed by atoms with Crippen LogP contribution in [0.15, 0.2) is 30.3 Å². The summed E-state index contributed by atoms with van der Waals surface area (Å²) in [5.41, 5.74) is 10.6. The Morgan fingerprint density at radius 1 is 1.10 bits per heavy atom. The van der Waals surface area contributed by atoms with Crippen molar-refractivity contribution in [3.63, 3.8) is 0 Å². The van der Waals surface area contributed by atoms with E-state index in [0.29, 0.717) is 11.4 Å². The molecule has 1 aliphatic rings. The number of hydrogen-bond donors (Lipinski definition) is 2. The van der Waals surface area contributed by atoms with Crippen LogP contribution in [0.4, 0.5) is 21.5 Å². The number of nitrogens with one attached hydrogen (secondary N) is 1. The quantitative estimate of drug-likeness (QED) is 0.788. The lowest BCUT2D eigenvalue weighted by molar-refractivity contribution is 0.629. The van der Waals surface area contributed by atoms with E-state index < -0.39 is 5.82 Å².